The number of hydrogen-bond donors (Lipinski definition) is 2. The van der Waals surface area contributed by atoms with Crippen LogP contribution in [0, 0.1) is 0 Å². The number of carbonyl (C=O) groups excluding carboxylic acids is 1. The Morgan fingerprint density at radius 2 is 2.10 bits per heavy atom. The van der Waals surface area contributed by atoms with Crippen LogP contribution < -0.4 is 5.32 Å². The first kappa shape index (κ1) is 15.5. The van der Waals surface area contributed by atoms with Crippen molar-refractivity contribution in [2.24, 2.45) is 0 Å². The highest BCUT2D eigenvalue weighted by atomic mass is 16.5. The Balaban J connectivity index is 1.98. The number of morpholine rings is 1. The zero-order valence-corrected chi connectivity index (χ0v) is 12.0. The minimum absolute atomic E-state index is 0.0873. The number of carboxylic acids is 1. The Morgan fingerprint density at radius 1 is 1.38 bits per heavy atom. The zero-order chi connectivity index (χ0) is 15.2. The quantitative estimate of drug-likeness (QED) is 0.855. The first-order chi connectivity index (χ1) is 10.0. The van der Waals surface area contributed by atoms with E-state index in [2.05, 4.69) is 10.2 Å². The summed E-state index contributed by atoms with van der Waals surface area (Å²) in [6, 6.07) is 7.50. The number of benzene rings is 1. The molecule has 1 heterocycles. The number of nitrogens with zero attached hydrogens (tertiary/aromatic N) is 1. The summed E-state index contributed by atoms with van der Waals surface area (Å²) in [5.41, 5.74) is 1.84. The van der Waals surface area contributed by atoms with Crippen LogP contribution in [0.5, 0.6) is 0 Å². The van der Waals surface area contributed by atoms with Gasteiger partial charge in [0.1, 0.15) is 0 Å². The second kappa shape index (κ2) is 7.19. The molecule has 2 rings (SSSR count). The fourth-order valence-electron chi connectivity index (χ4n) is 2.42. The van der Waals surface area contributed by atoms with Gasteiger partial charge in [-0.15, -0.1) is 0 Å². The summed E-state index contributed by atoms with van der Waals surface area (Å²) in [5.74, 6) is -0.908. The van der Waals surface area contributed by atoms with E-state index in [1.807, 2.05) is 24.3 Å². The number of amides is 1. The van der Waals surface area contributed by atoms with Gasteiger partial charge in [0.25, 0.3) is 0 Å². The Bertz CT molecular complexity index is 501. The molecule has 1 aliphatic heterocycles. The molecule has 1 unspecified atom stereocenters. The molecule has 0 radical (unpaired) electrons. The van der Waals surface area contributed by atoms with E-state index in [0.717, 1.165) is 17.8 Å². The van der Waals surface area contributed by atoms with Crippen LogP contribution >= 0.6 is 0 Å². The Kier molecular flexibility index (Phi) is 5.30. The summed E-state index contributed by atoms with van der Waals surface area (Å²) in [4.78, 5) is 24.0. The van der Waals surface area contributed by atoms with Crippen molar-refractivity contribution in [3.63, 3.8) is 0 Å². The molecule has 1 saturated heterocycles. The molecule has 1 aromatic rings. The average Bonchev–Trinajstić information content (AvgIpc) is 2.42. The third-order valence-corrected chi connectivity index (χ3v) is 3.42. The number of carboxylic acid groups (broad SMARTS) is 1. The van der Waals surface area contributed by atoms with Gasteiger partial charge in [-0.3, -0.25) is 14.5 Å². The van der Waals surface area contributed by atoms with Crippen molar-refractivity contribution in [2.45, 2.75) is 25.9 Å². The van der Waals surface area contributed by atoms with Crippen LogP contribution in [0.4, 0.5) is 5.69 Å². The molecule has 1 aromatic carbocycles. The molecule has 1 fully saturated rings. The molecule has 0 saturated carbocycles. The maximum absolute atomic E-state index is 11.0. The van der Waals surface area contributed by atoms with E-state index in [1.165, 1.54) is 6.92 Å². The van der Waals surface area contributed by atoms with Crippen molar-refractivity contribution >= 4 is 17.6 Å². The van der Waals surface area contributed by atoms with E-state index in [1.54, 1.807) is 0 Å². The minimum atomic E-state index is -0.809. The van der Waals surface area contributed by atoms with Gasteiger partial charge in [0.2, 0.25) is 5.91 Å². The first-order valence-electron chi connectivity index (χ1n) is 6.94. The molecule has 1 atom stereocenters. The maximum atomic E-state index is 11.0. The molecule has 0 aliphatic carbocycles. The monoisotopic (exact) mass is 292 g/mol. The largest absolute Gasteiger partial charge is 0.481 e. The molecule has 0 spiro atoms. The third kappa shape index (κ3) is 4.84. The summed E-state index contributed by atoms with van der Waals surface area (Å²) in [6.45, 7) is 3.96. The highest BCUT2D eigenvalue weighted by molar-refractivity contribution is 5.88. The molecule has 0 bridgehead atoms. The highest BCUT2D eigenvalue weighted by Gasteiger charge is 2.25. The van der Waals surface area contributed by atoms with E-state index >= 15 is 0 Å². The molecule has 0 aromatic heterocycles. The SMILES string of the molecule is CC(=O)Nc1ccc(CN2CCOCC2CC(=O)O)cc1. The fourth-order valence-corrected chi connectivity index (χ4v) is 2.42. The molecule has 114 valence electrons. The zero-order valence-electron chi connectivity index (χ0n) is 12.0. The highest BCUT2D eigenvalue weighted by Crippen LogP contribution is 2.17. The third-order valence-electron chi connectivity index (χ3n) is 3.42. The second-order valence-electron chi connectivity index (χ2n) is 5.18. The number of carbonyl (C=O) groups is 2. The topological polar surface area (TPSA) is 78.9 Å². The Labute approximate surface area is 123 Å². The number of hydrogen-bond acceptors (Lipinski definition) is 4. The van der Waals surface area contributed by atoms with Gasteiger partial charge in [0.05, 0.1) is 19.6 Å². The summed E-state index contributed by atoms with van der Waals surface area (Å²) in [5, 5.41) is 11.7. The standard InChI is InChI=1S/C15H20N2O4/c1-11(18)16-13-4-2-12(3-5-13)9-17-6-7-21-10-14(17)8-15(19)20/h2-5,14H,6-10H2,1H3,(H,16,18)(H,19,20). The molecule has 1 amide bonds. The lowest BCUT2D eigenvalue weighted by Gasteiger charge is -2.34. The Hall–Kier alpha value is -1.92. The van der Waals surface area contributed by atoms with Crippen LogP contribution in [0.3, 0.4) is 0 Å². The summed E-state index contributed by atoms with van der Waals surface area (Å²) >= 11 is 0. The lowest BCUT2D eigenvalue weighted by molar-refractivity contribution is -0.140. The van der Waals surface area contributed by atoms with Crippen molar-refractivity contribution in [1.29, 1.82) is 0 Å². The Morgan fingerprint density at radius 3 is 2.71 bits per heavy atom. The van der Waals surface area contributed by atoms with Gasteiger partial charge >= 0.3 is 5.97 Å². The van der Waals surface area contributed by atoms with Gasteiger partial charge in [-0.2, -0.15) is 0 Å². The normalized spacial score (nSPS) is 19.2. The van der Waals surface area contributed by atoms with Crippen molar-refractivity contribution in [3.8, 4) is 0 Å². The summed E-state index contributed by atoms with van der Waals surface area (Å²) < 4.78 is 5.36. The lowest BCUT2D eigenvalue weighted by Crippen LogP contribution is -2.45. The predicted molar refractivity (Wildman–Crippen MR) is 78.0 cm³/mol. The number of ether oxygens (including phenoxy) is 1. The average molecular weight is 292 g/mol. The number of aliphatic carboxylic acids is 1. The van der Waals surface area contributed by atoms with E-state index in [9.17, 15) is 9.59 Å². The smallest absolute Gasteiger partial charge is 0.305 e. The number of rotatable bonds is 5. The lowest BCUT2D eigenvalue weighted by atomic mass is 10.1. The molecule has 6 nitrogen and oxygen atoms in total. The van der Waals surface area contributed by atoms with E-state index in [0.29, 0.717) is 19.8 Å². The number of nitrogens with one attached hydrogen (secondary N) is 1. The van der Waals surface area contributed by atoms with E-state index in [-0.39, 0.29) is 18.4 Å². The summed E-state index contributed by atoms with van der Waals surface area (Å²) in [7, 11) is 0. The minimum Gasteiger partial charge on any atom is -0.481 e. The van der Waals surface area contributed by atoms with Crippen LogP contribution in [-0.2, 0) is 20.9 Å². The summed E-state index contributed by atoms with van der Waals surface area (Å²) in [6.07, 6.45) is 0.0873. The first-order valence-corrected chi connectivity index (χ1v) is 6.94. The van der Waals surface area contributed by atoms with Crippen molar-refractivity contribution in [1.82, 2.24) is 4.90 Å². The number of anilines is 1. The van der Waals surface area contributed by atoms with E-state index < -0.39 is 5.97 Å². The van der Waals surface area contributed by atoms with Gasteiger partial charge in [0, 0.05) is 31.7 Å². The van der Waals surface area contributed by atoms with Crippen LogP contribution in [0.1, 0.15) is 18.9 Å². The van der Waals surface area contributed by atoms with Crippen LogP contribution in [0.2, 0.25) is 0 Å². The van der Waals surface area contributed by atoms with Crippen LogP contribution in [0.15, 0.2) is 24.3 Å². The molecule has 1 aliphatic rings. The molecular formula is C15H20N2O4. The molecule has 2 N–H and O–H groups in total. The van der Waals surface area contributed by atoms with Gasteiger partial charge < -0.3 is 15.2 Å². The second-order valence-corrected chi connectivity index (χ2v) is 5.18. The van der Waals surface area contributed by atoms with Crippen molar-refractivity contribution in [3.05, 3.63) is 29.8 Å². The van der Waals surface area contributed by atoms with Gasteiger partial charge in [0.15, 0.2) is 0 Å². The van der Waals surface area contributed by atoms with E-state index in [4.69, 9.17) is 9.84 Å². The molecular weight excluding hydrogens is 272 g/mol. The van der Waals surface area contributed by atoms with Gasteiger partial charge in [-0.1, -0.05) is 12.1 Å². The predicted octanol–water partition coefficient (Wildman–Crippen LogP) is 1.32. The maximum Gasteiger partial charge on any atom is 0.305 e. The fraction of sp³-hybridized carbons (Fsp3) is 0.467. The van der Waals surface area contributed by atoms with Crippen LogP contribution in [0.25, 0.3) is 0 Å². The van der Waals surface area contributed by atoms with Crippen molar-refractivity contribution in [2.75, 3.05) is 25.1 Å². The van der Waals surface area contributed by atoms with Gasteiger partial charge in [-0.05, 0) is 17.7 Å². The van der Waals surface area contributed by atoms with Crippen LogP contribution in [-0.4, -0.2) is 47.7 Å². The molecule has 21 heavy (non-hydrogen) atoms. The van der Waals surface area contributed by atoms with Crippen molar-refractivity contribution < 1.29 is 19.4 Å². The molecule has 6 heteroatoms. The van der Waals surface area contributed by atoms with Gasteiger partial charge in [-0.25, -0.2) is 0 Å².